The summed E-state index contributed by atoms with van der Waals surface area (Å²) in [5.74, 6) is 1.77. The van der Waals surface area contributed by atoms with Gasteiger partial charge in [-0.2, -0.15) is 0 Å². The van der Waals surface area contributed by atoms with Crippen LogP contribution >= 0.6 is 0 Å². The molecule has 4 nitrogen and oxygen atoms in total. The molecule has 0 saturated carbocycles. The molecule has 0 bridgehead atoms. The lowest BCUT2D eigenvalue weighted by Gasteiger charge is -2.25. The molecule has 1 aliphatic rings. The Kier molecular flexibility index (Phi) is 4.78. The van der Waals surface area contributed by atoms with E-state index in [0.29, 0.717) is 5.92 Å². The summed E-state index contributed by atoms with van der Waals surface area (Å²) in [4.78, 5) is 2.49. The zero-order chi connectivity index (χ0) is 13.0. The van der Waals surface area contributed by atoms with E-state index >= 15 is 0 Å². The highest BCUT2D eigenvalue weighted by Crippen LogP contribution is 2.22. The molecule has 0 aromatic carbocycles. The average Bonchev–Trinajstić information content (AvgIpc) is 2.72. The van der Waals surface area contributed by atoms with Crippen molar-refractivity contribution in [3.63, 3.8) is 0 Å². The molecule has 2 rings (SSSR count). The Hall–Kier alpha value is -0.870. The lowest BCUT2D eigenvalue weighted by atomic mass is 10.1. The predicted octanol–water partition coefficient (Wildman–Crippen LogP) is 2.19. The minimum Gasteiger partial charge on any atom is -0.361 e. The van der Waals surface area contributed by atoms with E-state index in [1.165, 1.54) is 18.5 Å². The van der Waals surface area contributed by atoms with Gasteiger partial charge in [-0.05, 0) is 25.4 Å². The van der Waals surface area contributed by atoms with Crippen LogP contribution in [0.15, 0.2) is 4.52 Å². The smallest absolute Gasteiger partial charge is 0.142 e. The standard InChI is InChI=1S/C14H25N3O/c1-4-6-17-7-5-14-12(10-17)13(16-18-14)9-15-8-11(2)3/h11,15H,4-10H2,1-3H3. The fraction of sp³-hybridized carbons (Fsp3) is 0.786. The van der Waals surface area contributed by atoms with Crippen LogP contribution in [0.3, 0.4) is 0 Å². The summed E-state index contributed by atoms with van der Waals surface area (Å²) in [5, 5.41) is 7.67. The van der Waals surface area contributed by atoms with Crippen LogP contribution in [0.25, 0.3) is 0 Å². The summed E-state index contributed by atoms with van der Waals surface area (Å²) in [6, 6.07) is 0. The van der Waals surface area contributed by atoms with Crippen LogP contribution in [0.2, 0.25) is 0 Å². The zero-order valence-corrected chi connectivity index (χ0v) is 11.8. The quantitative estimate of drug-likeness (QED) is 0.841. The predicted molar refractivity (Wildman–Crippen MR) is 72.3 cm³/mol. The van der Waals surface area contributed by atoms with Crippen LogP contribution in [0, 0.1) is 5.92 Å². The fourth-order valence-electron chi connectivity index (χ4n) is 2.44. The van der Waals surface area contributed by atoms with Gasteiger partial charge in [-0.15, -0.1) is 0 Å². The first-order chi connectivity index (χ1) is 8.70. The van der Waals surface area contributed by atoms with Gasteiger partial charge < -0.3 is 9.84 Å². The lowest BCUT2D eigenvalue weighted by molar-refractivity contribution is 0.237. The van der Waals surface area contributed by atoms with Crippen molar-refractivity contribution >= 4 is 0 Å². The first-order valence-corrected chi connectivity index (χ1v) is 7.10. The summed E-state index contributed by atoms with van der Waals surface area (Å²) >= 11 is 0. The second-order valence-corrected chi connectivity index (χ2v) is 5.58. The molecule has 0 amide bonds. The Morgan fingerprint density at radius 2 is 2.28 bits per heavy atom. The van der Waals surface area contributed by atoms with E-state index in [9.17, 15) is 0 Å². The number of nitrogens with one attached hydrogen (secondary N) is 1. The average molecular weight is 251 g/mol. The van der Waals surface area contributed by atoms with Crippen molar-refractivity contribution in [2.75, 3.05) is 19.6 Å². The molecule has 102 valence electrons. The molecule has 0 fully saturated rings. The molecule has 4 heteroatoms. The molecule has 0 radical (unpaired) electrons. The first kappa shape index (κ1) is 13.6. The summed E-state index contributed by atoms with van der Waals surface area (Å²) < 4.78 is 5.45. The van der Waals surface area contributed by atoms with E-state index in [4.69, 9.17) is 4.52 Å². The Morgan fingerprint density at radius 3 is 3.00 bits per heavy atom. The summed E-state index contributed by atoms with van der Waals surface area (Å²) in [6.45, 7) is 11.8. The normalized spacial score (nSPS) is 16.2. The van der Waals surface area contributed by atoms with Crippen LogP contribution in [-0.2, 0) is 19.5 Å². The van der Waals surface area contributed by atoms with Crippen LogP contribution in [0.1, 0.15) is 44.2 Å². The third-order valence-electron chi connectivity index (χ3n) is 3.37. The fourth-order valence-corrected chi connectivity index (χ4v) is 2.44. The van der Waals surface area contributed by atoms with Gasteiger partial charge in [-0.1, -0.05) is 25.9 Å². The molecule has 0 aliphatic carbocycles. The lowest BCUT2D eigenvalue weighted by Crippen LogP contribution is -2.31. The maximum atomic E-state index is 5.45. The Morgan fingerprint density at radius 1 is 1.44 bits per heavy atom. The molecule has 0 saturated heterocycles. The van der Waals surface area contributed by atoms with Gasteiger partial charge in [-0.25, -0.2) is 0 Å². The van der Waals surface area contributed by atoms with E-state index in [2.05, 4.69) is 36.1 Å². The molecule has 0 spiro atoms. The van der Waals surface area contributed by atoms with E-state index in [0.717, 1.165) is 44.1 Å². The maximum Gasteiger partial charge on any atom is 0.142 e. The van der Waals surface area contributed by atoms with Crippen molar-refractivity contribution in [3.05, 3.63) is 17.0 Å². The molecule has 1 aromatic rings. The van der Waals surface area contributed by atoms with E-state index < -0.39 is 0 Å². The highest BCUT2D eigenvalue weighted by Gasteiger charge is 2.23. The summed E-state index contributed by atoms with van der Waals surface area (Å²) in [5.41, 5.74) is 2.43. The zero-order valence-electron chi connectivity index (χ0n) is 11.8. The van der Waals surface area contributed by atoms with Gasteiger partial charge in [0.25, 0.3) is 0 Å². The molecular weight excluding hydrogens is 226 g/mol. The molecule has 1 aliphatic heterocycles. The van der Waals surface area contributed by atoms with Gasteiger partial charge in [0.15, 0.2) is 0 Å². The van der Waals surface area contributed by atoms with Crippen LogP contribution in [0.5, 0.6) is 0 Å². The number of hydrogen-bond acceptors (Lipinski definition) is 4. The molecular formula is C14H25N3O. The maximum absolute atomic E-state index is 5.45. The molecule has 0 atom stereocenters. The Labute approximate surface area is 110 Å². The number of rotatable bonds is 6. The van der Waals surface area contributed by atoms with Crippen molar-refractivity contribution in [1.29, 1.82) is 0 Å². The second-order valence-electron chi connectivity index (χ2n) is 5.58. The SMILES string of the molecule is CCCN1CCc2onc(CNCC(C)C)c2C1. The summed E-state index contributed by atoms with van der Waals surface area (Å²) in [6.07, 6.45) is 2.22. The topological polar surface area (TPSA) is 41.3 Å². The van der Waals surface area contributed by atoms with Gasteiger partial charge in [0.05, 0.1) is 0 Å². The molecule has 0 unspecified atom stereocenters. The monoisotopic (exact) mass is 251 g/mol. The largest absolute Gasteiger partial charge is 0.361 e. The number of aromatic nitrogens is 1. The number of fused-ring (bicyclic) bond motifs is 1. The first-order valence-electron chi connectivity index (χ1n) is 7.10. The highest BCUT2D eigenvalue weighted by atomic mass is 16.5. The van der Waals surface area contributed by atoms with Crippen LogP contribution < -0.4 is 5.32 Å². The minimum absolute atomic E-state index is 0.671. The van der Waals surface area contributed by atoms with Crippen LogP contribution in [-0.4, -0.2) is 29.7 Å². The third-order valence-corrected chi connectivity index (χ3v) is 3.37. The van der Waals surface area contributed by atoms with Gasteiger partial charge in [0.2, 0.25) is 0 Å². The highest BCUT2D eigenvalue weighted by molar-refractivity contribution is 5.25. The van der Waals surface area contributed by atoms with Gasteiger partial charge >= 0.3 is 0 Å². The van der Waals surface area contributed by atoms with Crippen molar-refractivity contribution in [3.8, 4) is 0 Å². The van der Waals surface area contributed by atoms with Crippen molar-refractivity contribution in [1.82, 2.24) is 15.4 Å². The number of nitrogens with zero attached hydrogens (tertiary/aromatic N) is 2. The van der Waals surface area contributed by atoms with Crippen molar-refractivity contribution < 1.29 is 4.52 Å². The molecule has 18 heavy (non-hydrogen) atoms. The van der Waals surface area contributed by atoms with E-state index in [-0.39, 0.29) is 0 Å². The van der Waals surface area contributed by atoms with E-state index in [1.54, 1.807) is 0 Å². The van der Waals surface area contributed by atoms with Crippen molar-refractivity contribution in [2.24, 2.45) is 5.92 Å². The Bertz CT molecular complexity index is 373. The van der Waals surface area contributed by atoms with Gasteiger partial charge in [-0.3, -0.25) is 4.90 Å². The van der Waals surface area contributed by atoms with Crippen molar-refractivity contribution in [2.45, 2.75) is 46.7 Å². The second kappa shape index (κ2) is 6.34. The summed E-state index contributed by atoms with van der Waals surface area (Å²) in [7, 11) is 0. The van der Waals surface area contributed by atoms with Crippen LogP contribution in [0.4, 0.5) is 0 Å². The molecule has 1 N–H and O–H groups in total. The van der Waals surface area contributed by atoms with Gasteiger partial charge in [0, 0.05) is 31.6 Å². The van der Waals surface area contributed by atoms with Gasteiger partial charge in [0.1, 0.15) is 11.5 Å². The van der Waals surface area contributed by atoms with E-state index in [1.807, 2.05) is 0 Å². The minimum atomic E-state index is 0.671. The molecule has 2 heterocycles. The molecule has 1 aromatic heterocycles. The number of hydrogen-bond donors (Lipinski definition) is 1. The Balaban J connectivity index is 1.95. The third kappa shape index (κ3) is 3.33.